The average molecular weight is 623 g/mol. The van der Waals surface area contributed by atoms with Gasteiger partial charge >= 0.3 is 18.6 Å². The molecule has 0 bridgehead atoms. The number of hydrogen-bond donors (Lipinski definition) is 0. The molecule has 214 valence electrons. The number of fused-ring (bicyclic) bond motifs is 1. The van der Waals surface area contributed by atoms with Crippen molar-refractivity contribution in [1.82, 2.24) is 0 Å². The number of pyridine rings is 1. The molecule has 1 atom stereocenters. The lowest BCUT2D eigenvalue weighted by Crippen LogP contribution is -2.25. The number of hydrogen-bond acceptors (Lipinski definition) is 7. The largest absolute Gasteiger partial charge is 0.487 e. The number of aromatic amines is 1. The van der Waals surface area contributed by atoms with Crippen LogP contribution in [0.15, 0.2) is 60.9 Å². The van der Waals surface area contributed by atoms with Crippen molar-refractivity contribution in [3.63, 3.8) is 0 Å². The van der Waals surface area contributed by atoms with Gasteiger partial charge in [-0.2, -0.15) is 8.78 Å². The van der Waals surface area contributed by atoms with E-state index in [0.717, 1.165) is 29.3 Å². The van der Waals surface area contributed by atoms with Gasteiger partial charge in [0, 0.05) is 16.7 Å². The molecule has 1 aliphatic carbocycles. The highest BCUT2D eigenvalue weighted by molar-refractivity contribution is 7.20. The van der Waals surface area contributed by atoms with E-state index < -0.39 is 31.3 Å². The normalized spacial score (nSPS) is 14.0. The van der Waals surface area contributed by atoms with Crippen LogP contribution in [0.3, 0.4) is 0 Å². The van der Waals surface area contributed by atoms with Gasteiger partial charge in [-0.15, -0.1) is 11.3 Å². The number of ether oxygens (including phenoxy) is 4. The first-order valence-electron chi connectivity index (χ1n) is 12.7. The number of esters is 2. The summed E-state index contributed by atoms with van der Waals surface area (Å²) >= 11 is 14.0. The molecule has 4 aromatic rings. The fourth-order valence-electron chi connectivity index (χ4n) is 4.23. The zero-order valence-corrected chi connectivity index (χ0v) is 23.7. The smallest absolute Gasteiger partial charge is 0.387 e. The van der Waals surface area contributed by atoms with Crippen LogP contribution in [0.5, 0.6) is 11.5 Å². The number of nitrogens with one attached hydrogen (secondary N) is 1. The van der Waals surface area contributed by atoms with Crippen molar-refractivity contribution in [3.8, 4) is 11.5 Å². The van der Waals surface area contributed by atoms with Gasteiger partial charge in [0.1, 0.15) is 21.0 Å². The second-order valence-electron chi connectivity index (χ2n) is 9.29. The van der Waals surface area contributed by atoms with Gasteiger partial charge < -0.3 is 18.9 Å². The number of aromatic nitrogens is 1. The quantitative estimate of drug-likeness (QED) is 0.164. The van der Waals surface area contributed by atoms with E-state index in [4.69, 9.17) is 37.4 Å². The summed E-state index contributed by atoms with van der Waals surface area (Å²) in [6, 6.07) is 13.5. The molecule has 12 heteroatoms. The molecule has 0 saturated heterocycles. The molecule has 0 amide bonds. The van der Waals surface area contributed by atoms with Gasteiger partial charge in [-0.3, -0.25) is 0 Å². The first-order chi connectivity index (χ1) is 19.8. The Kier molecular flexibility index (Phi) is 9.22. The van der Waals surface area contributed by atoms with Crippen LogP contribution in [-0.2, 0) is 20.7 Å². The fourth-order valence-corrected chi connectivity index (χ4v) is 5.72. The Hall–Kier alpha value is -3.47. The minimum atomic E-state index is -3.05. The van der Waals surface area contributed by atoms with Gasteiger partial charge in [0.15, 0.2) is 30.5 Å². The van der Waals surface area contributed by atoms with Crippen molar-refractivity contribution in [3.05, 3.63) is 87.0 Å². The predicted molar refractivity (Wildman–Crippen MR) is 149 cm³/mol. The number of carbonyl (C=O) groups excluding carboxylic acids is 2. The number of carbonyl (C=O) groups is 2. The molecule has 1 N–H and O–H groups in total. The van der Waals surface area contributed by atoms with Crippen molar-refractivity contribution < 1.29 is 42.3 Å². The number of thiophene rings is 1. The molecule has 2 aromatic heterocycles. The number of rotatable bonds is 11. The molecule has 0 unspecified atom stereocenters. The van der Waals surface area contributed by atoms with Gasteiger partial charge in [-0.05, 0) is 54.5 Å². The Balaban J connectivity index is 1.36. The van der Waals surface area contributed by atoms with E-state index in [1.165, 1.54) is 41.9 Å². The lowest BCUT2D eigenvalue weighted by atomic mass is 9.96. The van der Waals surface area contributed by atoms with Crippen LogP contribution >= 0.6 is 34.5 Å². The summed E-state index contributed by atoms with van der Waals surface area (Å²) < 4.78 is 48.5. The van der Waals surface area contributed by atoms with E-state index in [-0.39, 0.29) is 24.0 Å². The van der Waals surface area contributed by atoms with E-state index in [0.29, 0.717) is 26.0 Å². The zero-order valence-electron chi connectivity index (χ0n) is 21.4. The number of H-pyrrole nitrogens is 1. The molecular weight excluding hydrogens is 599 g/mol. The average Bonchev–Trinajstić information content (AvgIpc) is 3.36. The van der Waals surface area contributed by atoms with Crippen molar-refractivity contribution in [2.24, 2.45) is 0 Å². The summed E-state index contributed by atoms with van der Waals surface area (Å²) in [7, 11) is 0. The third kappa shape index (κ3) is 7.25. The zero-order chi connectivity index (χ0) is 28.9. The lowest BCUT2D eigenvalue weighted by molar-refractivity contribution is -0.377. The van der Waals surface area contributed by atoms with E-state index >= 15 is 0 Å². The number of halogens is 4. The first-order valence-corrected chi connectivity index (χ1v) is 14.3. The van der Waals surface area contributed by atoms with E-state index in [1.54, 1.807) is 6.07 Å². The summed E-state index contributed by atoms with van der Waals surface area (Å²) in [5.74, 6) is -1.52. The molecule has 0 radical (unpaired) electrons. The third-order valence-electron chi connectivity index (χ3n) is 6.51. The van der Waals surface area contributed by atoms with Crippen LogP contribution < -0.4 is 14.5 Å². The molecule has 7 nitrogen and oxygen atoms in total. The Morgan fingerprint density at radius 2 is 1.78 bits per heavy atom. The van der Waals surface area contributed by atoms with Crippen LogP contribution in [0.2, 0.25) is 10.0 Å². The summed E-state index contributed by atoms with van der Waals surface area (Å²) in [4.78, 5) is 28.7. The molecular formula is C29H24Cl2F2NO6S+. The number of alkyl halides is 2. The maximum Gasteiger partial charge on any atom is 0.387 e. The van der Waals surface area contributed by atoms with Gasteiger partial charge in [-0.1, -0.05) is 47.5 Å². The van der Waals surface area contributed by atoms with Crippen LogP contribution in [0.25, 0.3) is 10.1 Å². The Bertz CT molecular complexity index is 1510. The van der Waals surface area contributed by atoms with Crippen molar-refractivity contribution in [2.75, 3.05) is 6.61 Å². The van der Waals surface area contributed by atoms with Crippen LogP contribution in [0, 0.1) is 0 Å². The summed E-state index contributed by atoms with van der Waals surface area (Å²) in [6.45, 7) is -3.70. The molecule has 0 aliphatic heterocycles. The summed E-state index contributed by atoms with van der Waals surface area (Å²) in [5.41, 5.74) is 0.909. The lowest BCUT2D eigenvalue weighted by Gasteiger charge is -2.28. The molecule has 41 heavy (non-hydrogen) atoms. The standard InChI is InChI=1S/C29H23Cl2F2NO6S/c30-20-13-34-14-21(31)19(20)12-23(16-8-9-22(40-29(32)33)24(10-16)38-18-5-3-6-18)39-27(35)15-37-28(36)26-11-17-4-1-2-7-25(17)41-26/h1-2,4,7-11,13-14,18,23,29H,3,5-6,12,15H2/p+1/t23-/m0/s1. The van der Waals surface area contributed by atoms with Gasteiger partial charge in [0.05, 0.1) is 6.10 Å². The first kappa shape index (κ1) is 29.0. The minimum absolute atomic E-state index is 0.0419. The topological polar surface area (TPSA) is 85.2 Å². The Morgan fingerprint density at radius 1 is 1.02 bits per heavy atom. The Labute approximate surface area is 247 Å². The summed E-state index contributed by atoms with van der Waals surface area (Å²) in [5, 5.41) is 1.50. The van der Waals surface area contributed by atoms with Crippen molar-refractivity contribution >= 4 is 56.6 Å². The molecule has 1 aliphatic rings. The monoisotopic (exact) mass is 622 g/mol. The third-order valence-corrected chi connectivity index (χ3v) is 8.28. The molecule has 1 fully saturated rings. The number of benzene rings is 2. The van der Waals surface area contributed by atoms with E-state index in [1.807, 2.05) is 24.3 Å². The SMILES string of the molecule is O=C(COC(=O)c1cc2ccccc2s1)O[C@@H](Cc1c(Cl)c[nH+]cc1Cl)c1ccc(OC(F)F)c(OC2CCC2)c1. The van der Waals surface area contributed by atoms with Crippen LogP contribution in [-0.4, -0.2) is 31.3 Å². The van der Waals surface area contributed by atoms with E-state index in [9.17, 15) is 18.4 Å². The highest BCUT2D eigenvalue weighted by Crippen LogP contribution is 2.38. The highest BCUT2D eigenvalue weighted by Gasteiger charge is 2.27. The molecule has 5 rings (SSSR count). The van der Waals surface area contributed by atoms with Gasteiger partial charge in [0.25, 0.3) is 0 Å². The molecule has 1 saturated carbocycles. The molecule has 0 spiro atoms. The second-order valence-corrected chi connectivity index (χ2v) is 11.2. The Morgan fingerprint density at radius 3 is 2.46 bits per heavy atom. The van der Waals surface area contributed by atoms with Crippen LogP contribution in [0.1, 0.15) is 46.2 Å². The van der Waals surface area contributed by atoms with Crippen molar-refractivity contribution in [2.45, 2.75) is 44.5 Å². The maximum absolute atomic E-state index is 13.1. The fraction of sp³-hybridized carbons (Fsp3) is 0.276. The van der Waals surface area contributed by atoms with Crippen LogP contribution in [0.4, 0.5) is 8.78 Å². The van der Waals surface area contributed by atoms with Gasteiger partial charge in [-0.25, -0.2) is 14.6 Å². The summed E-state index contributed by atoms with van der Waals surface area (Å²) in [6.07, 6.45) is 4.53. The maximum atomic E-state index is 13.1. The van der Waals surface area contributed by atoms with Crippen molar-refractivity contribution in [1.29, 1.82) is 0 Å². The predicted octanol–water partition coefficient (Wildman–Crippen LogP) is 7.24. The van der Waals surface area contributed by atoms with E-state index in [2.05, 4.69) is 9.72 Å². The highest BCUT2D eigenvalue weighted by atomic mass is 35.5. The second kappa shape index (κ2) is 13.0. The minimum Gasteiger partial charge on any atom is -0.487 e. The molecule has 2 heterocycles. The molecule has 2 aromatic carbocycles. The van der Waals surface area contributed by atoms with Gasteiger partial charge in [0.2, 0.25) is 0 Å².